The number of aromatic nitrogens is 1. The summed E-state index contributed by atoms with van der Waals surface area (Å²) in [6, 6.07) is 16.9. The van der Waals surface area contributed by atoms with Gasteiger partial charge < -0.3 is 23.5 Å². The van der Waals surface area contributed by atoms with E-state index in [0.29, 0.717) is 25.3 Å². The minimum atomic E-state index is -4.11. The molecule has 1 saturated carbocycles. The average molecular weight is 824 g/mol. The number of sulfonamides is 1. The molecule has 57 heavy (non-hydrogen) atoms. The van der Waals surface area contributed by atoms with Gasteiger partial charge in [0.15, 0.2) is 8.32 Å². The number of esters is 1. The Morgan fingerprint density at radius 2 is 1.61 bits per heavy atom. The Labute approximate surface area is 340 Å². The van der Waals surface area contributed by atoms with E-state index in [1.807, 2.05) is 57.2 Å². The number of benzene rings is 2. The van der Waals surface area contributed by atoms with E-state index in [1.54, 1.807) is 35.5 Å². The van der Waals surface area contributed by atoms with E-state index in [-0.39, 0.29) is 23.1 Å². The van der Waals surface area contributed by atoms with Gasteiger partial charge in [0.25, 0.3) is 5.91 Å². The van der Waals surface area contributed by atoms with E-state index in [4.69, 9.17) is 13.9 Å². The molecular weight excluding hydrogens is 763 g/mol. The maximum Gasteiger partial charge on any atom is 0.410 e. The molecule has 0 saturated heterocycles. The van der Waals surface area contributed by atoms with Crippen LogP contribution in [0.15, 0.2) is 67.0 Å². The van der Waals surface area contributed by atoms with E-state index in [1.165, 1.54) is 7.11 Å². The minimum Gasteiger partial charge on any atom is -0.490 e. The normalized spacial score (nSPS) is 14.7. The number of methoxy groups -OCH3 is 1. The second kappa shape index (κ2) is 19.4. The van der Waals surface area contributed by atoms with Crippen LogP contribution in [0, 0.1) is 0 Å². The zero-order valence-electron chi connectivity index (χ0n) is 35.1. The Balaban J connectivity index is 1.56. The predicted octanol–water partition coefficient (Wildman–Crippen LogP) is 8.63. The van der Waals surface area contributed by atoms with Gasteiger partial charge in [-0.3, -0.25) is 14.6 Å². The van der Waals surface area contributed by atoms with Gasteiger partial charge in [-0.2, -0.15) is 0 Å². The summed E-state index contributed by atoms with van der Waals surface area (Å²) in [5, 5.41) is -0.0468. The van der Waals surface area contributed by atoms with E-state index in [0.717, 1.165) is 54.4 Å². The number of ether oxygens (including phenoxy) is 3. The molecule has 0 spiro atoms. The second-order valence-corrected chi connectivity index (χ2v) is 23.8. The third kappa shape index (κ3) is 14.0. The van der Waals surface area contributed by atoms with E-state index < -0.39 is 53.8 Å². The van der Waals surface area contributed by atoms with Crippen LogP contribution in [0.25, 0.3) is 11.1 Å². The first kappa shape index (κ1) is 45.4. The molecule has 1 aliphatic carbocycles. The van der Waals surface area contributed by atoms with Crippen LogP contribution in [0.5, 0.6) is 5.75 Å². The second-order valence-electron chi connectivity index (χ2n) is 17.2. The molecule has 0 aliphatic heterocycles. The lowest BCUT2D eigenvalue weighted by molar-refractivity contribution is -0.140. The number of carbonyl (C=O) groups excluding carboxylic acids is 3. The first-order chi connectivity index (χ1) is 26.7. The van der Waals surface area contributed by atoms with Crippen LogP contribution >= 0.6 is 0 Å². The van der Waals surface area contributed by atoms with Crippen molar-refractivity contribution in [1.29, 1.82) is 0 Å². The largest absolute Gasteiger partial charge is 0.490 e. The number of amides is 2. The van der Waals surface area contributed by atoms with Crippen molar-refractivity contribution in [3.05, 3.63) is 83.7 Å². The molecule has 312 valence electrons. The molecule has 4 rings (SSSR count). The van der Waals surface area contributed by atoms with Gasteiger partial charge in [0, 0.05) is 18.9 Å². The molecule has 0 radical (unpaired) electrons. The lowest BCUT2D eigenvalue weighted by atomic mass is 9.97. The maximum atomic E-state index is 13.7. The van der Waals surface area contributed by atoms with Gasteiger partial charge in [0.05, 0.1) is 43.6 Å². The summed E-state index contributed by atoms with van der Waals surface area (Å²) in [4.78, 5) is 44.6. The Hall–Kier alpha value is -4.27. The topological polar surface area (TPSA) is 150 Å². The van der Waals surface area contributed by atoms with Crippen molar-refractivity contribution in [2.45, 2.75) is 122 Å². The van der Waals surface area contributed by atoms with Gasteiger partial charge in [0.1, 0.15) is 11.4 Å². The summed E-state index contributed by atoms with van der Waals surface area (Å²) >= 11 is 0. The van der Waals surface area contributed by atoms with Gasteiger partial charge in [0.2, 0.25) is 10.0 Å². The number of carbonyl (C=O) groups is 3. The molecule has 1 aliphatic rings. The fourth-order valence-corrected chi connectivity index (χ4v) is 8.34. The van der Waals surface area contributed by atoms with Crippen LogP contribution in [0.3, 0.4) is 0 Å². The first-order valence-electron chi connectivity index (χ1n) is 19.7. The van der Waals surface area contributed by atoms with E-state index in [2.05, 4.69) is 48.3 Å². The van der Waals surface area contributed by atoms with Crippen LogP contribution < -0.4 is 9.46 Å². The summed E-state index contributed by atoms with van der Waals surface area (Å²) in [5.41, 5.74) is 2.96. The van der Waals surface area contributed by atoms with Crippen LogP contribution in [-0.2, 0) is 35.1 Å². The fraction of sp³-hybridized carbons (Fsp3) is 0.535. The van der Waals surface area contributed by atoms with Crippen molar-refractivity contribution in [1.82, 2.24) is 14.6 Å². The van der Waals surface area contributed by atoms with Crippen LogP contribution in [0.4, 0.5) is 4.79 Å². The summed E-state index contributed by atoms with van der Waals surface area (Å²) in [6.45, 7) is 17.2. The Morgan fingerprint density at radius 3 is 2.21 bits per heavy atom. The van der Waals surface area contributed by atoms with Crippen LogP contribution in [0.2, 0.25) is 18.1 Å². The summed E-state index contributed by atoms with van der Waals surface area (Å²) < 4.78 is 51.1. The molecule has 2 amide bonds. The van der Waals surface area contributed by atoms with Crippen molar-refractivity contribution < 1.29 is 41.4 Å². The highest BCUT2D eigenvalue weighted by Crippen LogP contribution is 2.40. The van der Waals surface area contributed by atoms with Gasteiger partial charge in [-0.15, -0.1) is 0 Å². The molecule has 1 heterocycles. The zero-order valence-corrected chi connectivity index (χ0v) is 36.9. The maximum absolute atomic E-state index is 13.7. The molecule has 14 heteroatoms. The van der Waals surface area contributed by atoms with Crippen LogP contribution in [0.1, 0.15) is 108 Å². The SMILES string of the molecule is COC(=O)CCS(=O)(=O)NC(=O)c1ccc(-c2ccc(CCN(C[C@@H](O[Si](C)(C)C(C)(C)C)c3cccnc3)C(=O)OC(C)(C)C)cc2)cc1OC1CCCCC1. The van der Waals surface area contributed by atoms with E-state index >= 15 is 0 Å². The zero-order chi connectivity index (χ0) is 42.0. The van der Waals surface area contributed by atoms with Gasteiger partial charge in [-0.05, 0) is 111 Å². The predicted molar refractivity (Wildman–Crippen MR) is 224 cm³/mol. The molecule has 1 atom stereocenters. The monoisotopic (exact) mass is 823 g/mol. The molecule has 1 aromatic heterocycles. The van der Waals surface area contributed by atoms with Crippen molar-refractivity contribution in [3.8, 4) is 16.9 Å². The highest BCUT2D eigenvalue weighted by Gasteiger charge is 2.40. The van der Waals surface area contributed by atoms with Crippen LogP contribution in [-0.4, -0.2) is 82.2 Å². The Kier molecular flexibility index (Phi) is 15.5. The molecule has 1 fully saturated rings. The summed E-state index contributed by atoms with van der Waals surface area (Å²) in [6.07, 6.45) is 7.58. The molecule has 12 nitrogen and oxygen atoms in total. The third-order valence-corrected chi connectivity index (χ3v) is 16.1. The lowest BCUT2D eigenvalue weighted by Crippen LogP contribution is -2.46. The summed E-state index contributed by atoms with van der Waals surface area (Å²) in [5.74, 6) is -1.81. The molecule has 3 aromatic rings. The number of rotatable bonds is 16. The average Bonchev–Trinajstić information content (AvgIpc) is 3.14. The van der Waals surface area contributed by atoms with Crippen molar-refractivity contribution in [3.63, 3.8) is 0 Å². The quantitative estimate of drug-likeness (QED) is 0.110. The number of nitrogens with zero attached hydrogens (tertiary/aromatic N) is 2. The number of hydrogen-bond donors (Lipinski definition) is 1. The van der Waals surface area contributed by atoms with E-state index in [9.17, 15) is 22.8 Å². The third-order valence-electron chi connectivity index (χ3n) is 10.4. The van der Waals surface area contributed by atoms with Crippen molar-refractivity contribution >= 4 is 36.3 Å². The molecule has 1 N–H and O–H groups in total. The lowest BCUT2D eigenvalue weighted by Gasteiger charge is -2.40. The minimum absolute atomic E-state index is 0.0468. The Morgan fingerprint density at radius 1 is 0.947 bits per heavy atom. The van der Waals surface area contributed by atoms with Gasteiger partial charge in [-0.1, -0.05) is 63.6 Å². The fourth-order valence-electron chi connectivity index (χ4n) is 6.14. The number of nitrogens with one attached hydrogen (secondary N) is 1. The standard InChI is InChI=1S/C43H61N3O9SSi/c1-42(2,3)54-41(49)46(30-38(34-14-13-25-44-29-34)55-57(8,9)43(4,5)6)26-23-31-17-19-32(20-18-31)33-21-22-36(37(28-33)53-35-15-11-10-12-16-35)40(48)45-56(50,51)27-24-39(47)52-7/h13-14,17-22,25,28-29,35,38H,10-12,15-16,23-24,26-27,30H2,1-9H3,(H,45,48)/t38-/m1/s1. The highest BCUT2D eigenvalue weighted by molar-refractivity contribution is 7.90. The van der Waals surface area contributed by atoms with Gasteiger partial charge >= 0.3 is 12.1 Å². The molecular formula is C43H61N3O9SSi. The smallest absolute Gasteiger partial charge is 0.410 e. The molecule has 0 bridgehead atoms. The number of pyridine rings is 1. The van der Waals surface area contributed by atoms with Gasteiger partial charge in [-0.25, -0.2) is 17.9 Å². The number of hydrogen-bond acceptors (Lipinski definition) is 10. The Bertz CT molecular complexity index is 1920. The van der Waals surface area contributed by atoms with Crippen molar-refractivity contribution in [2.75, 3.05) is 26.0 Å². The highest BCUT2D eigenvalue weighted by atomic mass is 32.2. The molecule has 0 unspecified atom stereocenters. The van der Waals surface area contributed by atoms with Crippen molar-refractivity contribution in [2.24, 2.45) is 0 Å². The first-order valence-corrected chi connectivity index (χ1v) is 24.3. The molecule has 2 aromatic carbocycles. The summed E-state index contributed by atoms with van der Waals surface area (Å²) in [7, 11) is -5.19.